The number of hydrogen-bond donors (Lipinski definition) is 1. The van der Waals surface area contributed by atoms with Crippen molar-refractivity contribution in [1.82, 2.24) is 4.98 Å². The molecule has 42 valence electrons. The first kappa shape index (κ1) is 5.09. The molecule has 1 aromatic heterocycles. The van der Waals surface area contributed by atoms with Crippen LogP contribution in [-0.2, 0) is 0 Å². The molecule has 1 rings (SSSR count). The number of hydrogen-bond acceptors (Lipinski definition) is 2. The van der Waals surface area contributed by atoms with Crippen molar-refractivity contribution >= 4 is 0 Å². The predicted molar refractivity (Wildman–Crippen MR) is 30.6 cm³/mol. The zero-order chi connectivity index (χ0) is 5.98. The third-order valence-corrected chi connectivity index (χ3v) is 0.982. The Hall–Kier alpha value is -1.05. The van der Waals surface area contributed by atoms with Crippen molar-refractivity contribution in [1.29, 1.82) is 0 Å². The van der Waals surface area contributed by atoms with Crippen LogP contribution in [0, 0.1) is 6.92 Å². The highest BCUT2D eigenvalue weighted by atomic mass is 16.3. The van der Waals surface area contributed by atoms with Gasteiger partial charge in [-0.05, 0) is 13.0 Å². The van der Waals surface area contributed by atoms with Gasteiger partial charge in [0.1, 0.15) is 0 Å². The Morgan fingerprint density at radius 2 is 2.38 bits per heavy atom. The highest BCUT2D eigenvalue weighted by molar-refractivity contribution is 5.21. The fourth-order valence-electron chi connectivity index (χ4n) is 0.477. The molecule has 0 saturated heterocycles. The fourth-order valence-corrected chi connectivity index (χ4v) is 0.477. The second-order valence-corrected chi connectivity index (χ2v) is 1.64. The standard InChI is InChI=1S/C6H7NO/c1-5-3-2-4-7-6(5)8/h2-4H,1H3,(H,7,8). The van der Waals surface area contributed by atoms with Gasteiger partial charge in [-0.2, -0.15) is 0 Å². The molecule has 1 heterocycles. The van der Waals surface area contributed by atoms with Gasteiger partial charge >= 0.3 is 0 Å². The molecule has 2 heteroatoms. The van der Waals surface area contributed by atoms with Crippen LogP contribution in [0.5, 0.6) is 5.88 Å². The number of aryl methyl sites for hydroxylation is 1. The molecule has 0 atom stereocenters. The molecule has 1 aromatic rings. The molecule has 0 bridgehead atoms. The van der Waals surface area contributed by atoms with E-state index in [1.54, 1.807) is 12.3 Å². The van der Waals surface area contributed by atoms with Crippen molar-refractivity contribution in [2.24, 2.45) is 0 Å². The number of nitrogens with zero attached hydrogens (tertiary/aromatic N) is 1. The maximum absolute atomic E-state index is 8.81. The van der Waals surface area contributed by atoms with Gasteiger partial charge in [-0.1, -0.05) is 6.07 Å². The van der Waals surface area contributed by atoms with Crippen LogP contribution in [-0.4, -0.2) is 10.1 Å². The second-order valence-electron chi connectivity index (χ2n) is 1.64. The van der Waals surface area contributed by atoms with E-state index in [2.05, 4.69) is 4.98 Å². The SMILES string of the molecule is Cc1cccnc1O. The Balaban J connectivity index is 3.13. The molecular formula is C6H7NO. The molecule has 0 aliphatic carbocycles. The van der Waals surface area contributed by atoms with Gasteiger partial charge in [0.2, 0.25) is 5.88 Å². The normalized spacial score (nSPS) is 9.12. The minimum absolute atomic E-state index is 0.118. The molecule has 0 saturated carbocycles. The van der Waals surface area contributed by atoms with Crippen LogP contribution in [0.2, 0.25) is 0 Å². The van der Waals surface area contributed by atoms with Gasteiger partial charge in [0.05, 0.1) is 0 Å². The molecule has 0 unspecified atom stereocenters. The van der Waals surface area contributed by atoms with Gasteiger partial charge in [-0.15, -0.1) is 0 Å². The molecule has 0 fully saturated rings. The van der Waals surface area contributed by atoms with Gasteiger partial charge in [0, 0.05) is 11.8 Å². The second kappa shape index (κ2) is 1.82. The van der Waals surface area contributed by atoms with Crippen molar-refractivity contribution in [2.45, 2.75) is 6.92 Å². The number of rotatable bonds is 0. The zero-order valence-electron chi connectivity index (χ0n) is 4.63. The molecule has 8 heavy (non-hydrogen) atoms. The maximum Gasteiger partial charge on any atom is 0.213 e. The average Bonchev–Trinajstić information content (AvgIpc) is 1.77. The van der Waals surface area contributed by atoms with Crippen LogP contribution in [0.1, 0.15) is 5.56 Å². The van der Waals surface area contributed by atoms with E-state index >= 15 is 0 Å². The zero-order valence-corrected chi connectivity index (χ0v) is 4.63. The largest absolute Gasteiger partial charge is 0.493 e. The smallest absolute Gasteiger partial charge is 0.213 e. The third kappa shape index (κ3) is 0.780. The molecule has 0 radical (unpaired) electrons. The lowest BCUT2D eigenvalue weighted by Gasteiger charge is -1.90. The Bertz CT molecular complexity index is 165. The number of pyridine rings is 1. The van der Waals surface area contributed by atoms with E-state index in [0.717, 1.165) is 5.56 Å². The van der Waals surface area contributed by atoms with E-state index in [1.807, 2.05) is 13.0 Å². The molecule has 0 amide bonds. The van der Waals surface area contributed by atoms with Crippen LogP contribution in [0.4, 0.5) is 0 Å². The van der Waals surface area contributed by atoms with Crippen molar-refractivity contribution in [3.8, 4) is 5.88 Å². The summed E-state index contributed by atoms with van der Waals surface area (Å²) in [6.07, 6.45) is 1.56. The van der Waals surface area contributed by atoms with Crippen LogP contribution >= 0.6 is 0 Å². The fraction of sp³-hybridized carbons (Fsp3) is 0.167. The summed E-state index contributed by atoms with van der Waals surface area (Å²) in [7, 11) is 0. The highest BCUT2D eigenvalue weighted by Crippen LogP contribution is 2.07. The van der Waals surface area contributed by atoms with Crippen LogP contribution in [0.15, 0.2) is 18.3 Å². The first-order valence-corrected chi connectivity index (χ1v) is 2.41. The van der Waals surface area contributed by atoms with E-state index in [4.69, 9.17) is 5.11 Å². The van der Waals surface area contributed by atoms with Crippen LogP contribution < -0.4 is 0 Å². The molecule has 2 nitrogen and oxygen atoms in total. The van der Waals surface area contributed by atoms with Crippen LogP contribution in [0.25, 0.3) is 0 Å². The van der Waals surface area contributed by atoms with Gasteiger partial charge in [-0.25, -0.2) is 4.98 Å². The maximum atomic E-state index is 8.81. The average molecular weight is 109 g/mol. The van der Waals surface area contributed by atoms with Gasteiger partial charge in [-0.3, -0.25) is 0 Å². The summed E-state index contributed by atoms with van der Waals surface area (Å²) in [4.78, 5) is 3.63. The minimum Gasteiger partial charge on any atom is -0.493 e. The number of aromatic hydroxyl groups is 1. The van der Waals surface area contributed by atoms with E-state index in [9.17, 15) is 0 Å². The van der Waals surface area contributed by atoms with E-state index < -0.39 is 0 Å². The molecule has 1 N–H and O–H groups in total. The summed E-state index contributed by atoms with van der Waals surface area (Å²) in [5.41, 5.74) is 0.813. The predicted octanol–water partition coefficient (Wildman–Crippen LogP) is 1.10. The molecule has 0 spiro atoms. The Kier molecular flexibility index (Phi) is 1.16. The summed E-state index contributed by atoms with van der Waals surface area (Å²) in [5.74, 6) is 0.118. The summed E-state index contributed by atoms with van der Waals surface area (Å²) in [6.45, 7) is 1.81. The highest BCUT2D eigenvalue weighted by Gasteiger charge is 1.88. The molecule has 0 aliphatic heterocycles. The lowest BCUT2D eigenvalue weighted by atomic mass is 10.3. The Morgan fingerprint density at radius 1 is 1.62 bits per heavy atom. The Labute approximate surface area is 47.8 Å². The summed E-state index contributed by atoms with van der Waals surface area (Å²) < 4.78 is 0. The third-order valence-electron chi connectivity index (χ3n) is 0.982. The van der Waals surface area contributed by atoms with Crippen LogP contribution in [0.3, 0.4) is 0 Å². The number of aromatic nitrogens is 1. The molecular weight excluding hydrogens is 102 g/mol. The monoisotopic (exact) mass is 109 g/mol. The van der Waals surface area contributed by atoms with Gasteiger partial charge in [0.25, 0.3) is 0 Å². The van der Waals surface area contributed by atoms with Gasteiger partial charge < -0.3 is 5.11 Å². The Morgan fingerprint density at radius 3 is 2.75 bits per heavy atom. The summed E-state index contributed by atoms with van der Waals surface area (Å²) >= 11 is 0. The van der Waals surface area contributed by atoms with E-state index in [1.165, 1.54) is 0 Å². The first-order chi connectivity index (χ1) is 3.80. The van der Waals surface area contributed by atoms with Crippen molar-refractivity contribution < 1.29 is 5.11 Å². The lowest BCUT2D eigenvalue weighted by Crippen LogP contribution is -1.75. The lowest BCUT2D eigenvalue weighted by molar-refractivity contribution is 0.449. The minimum atomic E-state index is 0.118. The van der Waals surface area contributed by atoms with E-state index in [0.29, 0.717) is 0 Å². The van der Waals surface area contributed by atoms with Crippen molar-refractivity contribution in [3.63, 3.8) is 0 Å². The first-order valence-electron chi connectivity index (χ1n) is 2.41. The van der Waals surface area contributed by atoms with Crippen molar-refractivity contribution in [2.75, 3.05) is 0 Å². The topological polar surface area (TPSA) is 33.1 Å². The van der Waals surface area contributed by atoms with E-state index in [-0.39, 0.29) is 5.88 Å². The molecule has 0 aliphatic rings. The quantitative estimate of drug-likeness (QED) is 0.541. The van der Waals surface area contributed by atoms with Gasteiger partial charge in [0.15, 0.2) is 0 Å². The summed E-state index contributed by atoms with van der Waals surface area (Å²) in [6, 6.07) is 3.59. The summed E-state index contributed by atoms with van der Waals surface area (Å²) in [5, 5.41) is 8.81. The van der Waals surface area contributed by atoms with Crippen molar-refractivity contribution in [3.05, 3.63) is 23.9 Å². The molecule has 0 aromatic carbocycles.